The van der Waals surface area contributed by atoms with Gasteiger partial charge in [-0.3, -0.25) is 4.79 Å². The zero-order valence-corrected chi connectivity index (χ0v) is 13.6. The minimum Gasteiger partial charge on any atom is -0.492 e. The normalized spacial score (nSPS) is 10.6. The fourth-order valence-corrected chi connectivity index (χ4v) is 2.36. The Morgan fingerprint density at radius 1 is 1.43 bits per heavy atom. The maximum absolute atomic E-state index is 11.4. The maximum Gasteiger partial charge on any atom is 0.328 e. The van der Waals surface area contributed by atoms with Crippen molar-refractivity contribution in [3.63, 3.8) is 0 Å². The summed E-state index contributed by atoms with van der Waals surface area (Å²) in [5, 5.41) is 11.4. The van der Waals surface area contributed by atoms with E-state index >= 15 is 0 Å². The van der Waals surface area contributed by atoms with Crippen LogP contribution in [0.15, 0.2) is 22.7 Å². The first-order valence-electron chi connectivity index (χ1n) is 6.54. The molecule has 114 valence electrons. The van der Waals surface area contributed by atoms with Crippen LogP contribution < -0.4 is 10.1 Å². The van der Waals surface area contributed by atoms with Gasteiger partial charge in [0.1, 0.15) is 5.75 Å². The van der Waals surface area contributed by atoms with Gasteiger partial charge in [0, 0.05) is 22.7 Å². The molecule has 21 heavy (non-hydrogen) atoms. The number of carbonyl (C=O) groups excluding carboxylic acids is 1. The smallest absolute Gasteiger partial charge is 0.328 e. The average molecular weight is 356 g/mol. The number of rotatable bonds is 7. The fraction of sp³-hybridized carbons (Fsp3) is 0.333. The van der Waals surface area contributed by atoms with Crippen molar-refractivity contribution in [2.75, 3.05) is 13.2 Å². The summed E-state index contributed by atoms with van der Waals surface area (Å²) in [5.41, 5.74) is 1.52. The molecule has 0 unspecified atom stereocenters. The molecule has 1 aromatic rings. The molecule has 0 aromatic heterocycles. The number of ether oxygens (including phenoxy) is 1. The van der Waals surface area contributed by atoms with Gasteiger partial charge < -0.3 is 15.2 Å². The van der Waals surface area contributed by atoms with Crippen LogP contribution in [0.1, 0.15) is 24.5 Å². The summed E-state index contributed by atoms with van der Waals surface area (Å²) >= 11 is 3.37. The van der Waals surface area contributed by atoms with Crippen molar-refractivity contribution in [1.82, 2.24) is 5.32 Å². The van der Waals surface area contributed by atoms with Crippen LogP contribution in [0.5, 0.6) is 5.75 Å². The first-order chi connectivity index (χ1) is 9.93. The van der Waals surface area contributed by atoms with Gasteiger partial charge in [-0.2, -0.15) is 0 Å². The van der Waals surface area contributed by atoms with E-state index in [1.807, 2.05) is 19.9 Å². The van der Waals surface area contributed by atoms with Gasteiger partial charge in [0.2, 0.25) is 5.91 Å². The molecule has 1 rings (SSSR count). The van der Waals surface area contributed by atoms with E-state index in [4.69, 9.17) is 9.84 Å². The van der Waals surface area contributed by atoms with E-state index in [-0.39, 0.29) is 18.9 Å². The first-order valence-corrected chi connectivity index (χ1v) is 7.34. The third kappa shape index (κ3) is 5.99. The highest BCUT2D eigenvalue weighted by molar-refractivity contribution is 9.10. The van der Waals surface area contributed by atoms with Crippen molar-refractivity contribution in [2.24, 2.45) is 0 Å². The molecule has 0 saturated heterocycles. The summed E-state index contributed by atoms with van der Waals surface area (Å²) in [4.78, 5) is 22.0. The van der Waals surface area contributed by atoms with Crippen molar-refractivity contribution in [1.29, 1.82) is 0 Å². The zero-order valence-electron chi connectivity index (χ0n) is 12.0. The van der Waals surface area contributed by atoms with Crippen LogP contribution in [-0.4, -0.2) is 30.1 Å². The Bertz CT molecular complexity index is 555. The highest BCUT2D eigenvalue weighted by atomic mass is 79.9. The summed E-state index contributed by atoms with van der Waals surface area (Å²) < 4.78 is 6.48. The van der Waals surface area contributed by atoms with Gasteiger partial charge in [-0.1, -0.05) is 15.9 Å². The van der Waals surface area contributed by atoms with Crippen LogP contribution in [0.2, 0.25) is 0 Å². The Morgan fingerprint density at radius 3 is 2.76 bits per heavy atom. The fourth-order valence-electron chi connectivity index (χ4n) is 1.77. The second-order valence-corrected chi connectivity index (χ2v) is 5.28. The molecule has 0 atom stereocenters. The Balaban J connectivity index is 2.84. The zero-order chi connectivity index (χ0) is 15.8. The molecule has 0 fully saturated rings. The van der Waals surface area contributed by atoms with Crippen LogP contribution in [-0.2, 0) is 9.59 Å². The molecule has 1 aromatic carbocycles. The van der Waals surface area contributed by atoms with Crippen molar-refractivity contribution in [2.45, 2.75) is 20.3 Å². The van der Waals surface area contributed by atoms with Crippen LogP contribution >= 0.6 is 15.9 Å². The molecular formula is C15H18BrNO4. The summed E-state index contributed by atoms with van der Waals surface area (Å²) in [7, 11) is 0. The van der Waals surface area contributed by atoms with Gasteiger partial charge in [0.25, 0.3) is 0 Å². The van der Waals surface area contributed by atoms with Crippen molar-refractivity contribution in [3.05, 3.63) is 33.8 Å². The lowest BCUT2D eigenvalue weighted by molar-refractivity contribution is -0.131. The summed E-state index contributed by atoms with van der Waals surface area (Å²) in [6, 6.07) is 3.65. The molecule has 0 aliphatic heterocycles. The van der Waals surface area contributed by atoms with E-state index < -0.39 is 5.97 Å². The Labute approximate surface area is 132 Å². The number of benzene rings is 1. The van der Waals surface area contributed by atoms with Crippen molar-refractivity contribution < 1.29 is 19.4 Å². The number of carboxylic acid groups (broad SMARTS) is 1. The largest absolute Gasteiger partial charge is 0.492 e. The molecule has 0 heterocycles. The van der Waals surface area contributed by atoms with E-state index in [1.165, 1.54) is 6.08 Å². The quantitative estimate of drug-likeness (QED) is 0.737. The van der Waals surface area contributed by atoms with Gasteiger partial charge in [0.15, 0.2) is 0 Å². The number of aryl methyl sites for hydroxylation is 1. The minimum absolute atomic E-state index is 0.0742. The number of hydrogen-bond donors (Lipinski definition) is 2. The summed E-state index contributed by atoms with van der Waals surface area (Å²) in [6.07, 6.45) is 2.78. The summed E-state index contributed by atoms with van der Waals surface area (Å²) in [5.74, 6) is -0.518. The van der Waals surface area contributed by atoms with Gasteiger partial charge in [-0.15, -0.1) is 0 Å². The molecule has 1 amide bonds. The van der Waals surface area contributed by atoms with Gasteiger partial charge in [0.05, 0.1) is 13.0 Å². The standard InChI is InChI=1S/C15H18BrNO4/c1-3-17-13(18)6-7-21-15-10(2)8-12(16)9-11(15)4-5-14(19)20/h4-5,8-9H,3,6-7H2,1-2H3,(H,17,18)(H,19,20)/b5-4+. The van der Waals surface area contributed by atoms with E-state index in [0.29, 0.717) is 17.9 Å². The molecule has 0 saturated carbocycles. The van der Waals surface area contributed by atoms with Crippen LogP contribution in [0.3, 0.4) is 0 Å². The lowest BCUT2D eigenvalue weighted by Gasteiger charge is -2.13. The van der Waals surface area contributed by atoms with E-state index in [2.05, 4.69) is 21.2 Å². The third-order valence-electron chi connectivity index (χ3n) is 2.62. The minimum atomic E-state index is -1.03. The molecule has 2 N–H and O–H groups in total. The monoisotopic (exact) mass is 355 g/mol. The number of aliphatic carboxylic acids is 1. The molecule has 0 bridgehead atoms. The lowest BCUT2D eigenvalue weighted by atomic mass is 10.1. The molecular weight excluding hydrogens is 338 g/mol. The number of hydrogen-bond acceptors (Lipinski definition) is 3. The maximum atomic E-state index is 11.4. The highest BCUT2D eigenvalue weighted by Crippen LogP contribution is 2.29. The third-order valence-corrected chi connectivity index (χ3v) is 3.08. The lowest BCUT2D eigenvalue weighted by Crippen LogP contribution is -2.24. The second-order valence-electron chi connectivity index (χ2n) is 4.36. The van der Waals surface area contributed by atoms with Crippen LogP contribution in [0.4, 0.5) is 0 Å². The number of halogens is 1. The van der Waals surface area contributed by atoms with E-state index in [9.17, 15) is 9.59 Å². The molecule has 0 radical (unpaired) electrons. The van der Waals surface area contributed by atoms with Gasteiger partial charge in [-0.25, -0.2) is 4.79 Å². The number of carboxylic acids is 1. The molecule has 0 aliphatic carbocycles. The number of nitrogens with one attached hydrogen (secondary N) is 1. The molecule has 0 spiro atoms. The Kier molecular flexibility index (Phi) is 6.94. The van der Waals surface area contributed by atoms with Gasteiger partial charge >= 0.3 is 5.97 Å². The Hall–Kier alpha value is -1.82. The molecule has 6 heteroatoms. The SMILES string of the molecule is CCNC(=O)CCOc1c(C)cc(Br)cc1/C=C/C(=O)O. The highest BCUT2D eigenvalue weighted by Gasteiger charge is 2.09. The predicted molar refractivity (Wildman–Crippen MR) is 84.3 cm³/mol. The number of carbonyl (C=O) groups is 2. The van der Waals surface area contributed by atoms with E-state index in [1.54, 1.807) is 6.07 Å². The average Bonchev–Trinajstić information content (AvgIpc) is 2.39. The topological polar surface area (TPSA) is 75.6 Å². The predicted octanol–water partition coefficient (Wildman–Crippen LogP) is 2.76. The Morgan fingerprint density at radius 2 is 2.14 bits per heavy atom. The summed E-state index contributed by atoms with van der Waals surface area (Å²) in [6.45, 7) is 4.54. The van der Waals surface area contributed by atoms with Crippen molar-refractivity contribution >= 4 is 33.9 Å². The first kappa shape index (κ1) is 17.2. The van der Waals surface area contributed by atoms with Gasteiger partial charge in [-0.05, 0) is 37.6 Å². The van der Waals surface area contributed by atoms with Crippen LogP contribution in [0, 0.1) is 6.92 Å². The number of amides is 1. The second kappa shape index (κ2) is 8.46. The van der Waals surface area contributed by atoms with Crippen molar-refractivity contribution in [3.8, 4) is 5.75 Å². The van der Waals surface area contributed by atoms with Crippen LogP contribution in [0.25, 0.3) is 6.08 Å². The van der Waals surface area contributed by atoms with E-state index in [0.717, 1.165) is 16.1 Å². The molecule has 5 nitrogen and oxygen atoms in total. The molecule has 0 aliphatic rings.